The van der Waals surface area contributed by atoms with Crippen molar-refractivity contribution in [2.45, 2.75) is 50.7 Å². The van der Waals surface area contributed by atoms with E-state index in [9.17, 15) is 18.8 Å². The summed E-state index contributed by atoms with van der Waals surface area (Å²) in [4.78, 5) is 36.1. The van der Waals surface area contributed by atoms with E-state index in [0.717, 1.165) is 0 Å². The number of carbonyl (C=O) groups is 3. The van der Waals surface area contributed by atoms with Crippen molar-refractivity contribution in [1.29, 1.82) is 0 Å². The van der Waals surface area contributed by atoms with E-state index in [4.69, 9.17) is 21.9 Å². The van der Waals surface area contributed by atoms with Gasteiger partial charge in [-0.05, 0) is 56.9 Å². The summed E-state index contributed by atoms with van der Waals surface area (Å²) in [6.07, 6.45) is 0.366. The predicted octanol–water partition coefficient (Wildman–Crippen LogP) is 0.818. The van der Waals surface area contributed by atoms with Gasteiger partial charge in [0.2, 0.25) is 5.91 Å². The van der Waals surface area contributed by atoms with Crippen LogP contribution in [0.5, 0.6) is 5.75 Å². The lowest BCUT2D eigenvalue weighted by molar-refractivity contribution is -0.122. The van der Waals surface area contributed by atoms with Crippen molar-refractivity contribution in [3.63, 3.8) is 0 Å². The number of nitrogens with two attached hydrogens (primary N) is 3. The number of hydrogen-bond donors (Lipinski definition) is 4. The van der Waals surface area contributed by atoms with E-state index in [0.29, 0.717) is 6.42 Å². The molecule has 0 aliphatic heterocycles. The van der Waals surface area contributed by atoms with Gasteiger partial charge in [-0.25, -0.2) is 9.18 Å². The highest BCUT2D eigenvalue weighted by atomic mass is 19.1. The minimum Gasteiger partial charge on any atom is -0.410 e. The smallest absolute Gasteiger partial charge is 0.410 e. The van der Waals surface area contributed by atoms with Crippen LogP contribution in [0.2, 0.25) is 0 Å². The molecule has 2 rings (SSSR count). The van der Waals surface area contributed by atoms with Crippen LogP contribution in [0.3, 0.4) is 0 Å². The first-order valence-corrected chi connectivity index (χ1v) is 9.20. The maximum Gasteiger partial charge on any atom is 0.412 e. The number of carbonyl (C=O) groups excluding carboxylic acids is 3. The SMILES string of the molecule is CC(=O)C1CC(NC(=O)Oc2ccc(F)cc2)CC(C(N)=O)CC(N)C(N)C1. The zero-order valence-electron chi connectivity index (χ0n) is 15.8. The number of primary amides is 1. The van der Waals surface area contributed by atoms with Gasteiger partial charge in [0.25, 0.3) is 0 Å². The molecule has 1 aromatic rings. The van der Waals surface area contributed by atoms with Gasteiger partial charge in [0.1, 0.15) is 17.3 Å². The topological polar surface area (TPSA) is 151 Å². The third-order valence-corrected chi connectivity index (χ3v) is 5.12. The lowest BCUT2D eigenvalue weighted by Crippen LogP contribution is -2.45. The van der Waals surface area contributed by atoms with Crippen molar-refractivity contribution < 1.29 is 23.5 Å². The average Bonchev–Trinajstić information content (AvgIpc) is 2.66. The Morgan fingerprint density at radius 2 is 1.54 bits per heavy atom. The second kappa shape index (κ2) is 9.61. The number of halogens is 1. The molecule has 9 heteroatoms. The van der Waals surface area contributed by atoms with Crippen LogP contribution in [-0.4, -0.2) is 35.9 Å². The van der Waals surface area contributed by atoms with Gasteiger partial charge in [-0.15, -0.1) is 0 Å². The lowest BCUT2D eigenvalue weighted by atomic mass is 9.88. The molecule has 1 saturated carbocycles. The number of ether oxygens (including phenoxy) is 1. The molecule has 2 amide bonds. The molecule has 28 heavy (non-hydrogen) atoms. The number of Topliss-reactive ketones (excluding diaryl/α,β-unsaturated/α-hetero) is 1. The lowest BCUT2D eigenvalue weighted by Gasteiger charge is -2.24. The molecule has 154 valence electrons. The Kier molecular flexibility index (Phi) is 7.47. The first-order valence-electron chi connectivity index (χ1n) is 9.20. The molecule has 8 nitrogen and oxygen atoms in total. The number of rotatable bonds is 4. The van der Waals surface area contributed by atoms with E-state index in [1.165, 1.54) is 31.2 Å². The van der Waals surface area contributed by atoms with E-state index < -0.39 is 47.8 Å². The number of nitrogens with one attached hydrogen (secondary N) is 1. The summed E-state index contributed by atoms with van der Waals surface area (Å²) in [5.74, 6) is -1.90. The summed E-state index contributed by atoms with van der Waals surface area (Å²) < 4.78 is 18.1. The van der Waals surface area contributed by atoms with Gasteiger partial charge in [-0.2, -0.15) is 0 Å². The third kappa shape index (κ3) is 6.28. The van der Waals surface area contributed by atoms with Crippen LogP contribution in [0.15, 0.2) is 24.3 Å². The Bertz CT molecular complexity index is 682. The number of hydrogen-bond acceptors (Lipinski definition) is 6. The fourth-order valence-electron chi connectivity index (χ4n) is 3.47. The van der Waals surface area contributed by atoms with Crippen molar-refractivity contribution in [3.05, 3.63) is 30.1 Å². The van der Waals surface area contributed by atoms with Gasteiger partial charge in [-0.3, -0.25) is 9.59 Å². The highest BCUT2D eigenvalue weighted by molar-refractivity contribution is 5.79. The van der Waals surface area contributed by atoms with Gasteiger partial charge in [-0.1, -0.05) is 0 Å². The molecule has 1 aliphatic carbocycles. The maximum atomic E-state index is 13.0. The summed E-state index contributed by atoms with van der Waals surface area (Å²) in [5, 5.41) is 2.68. The molecule has 0 saturated heterocycles. The van der Waals surface area contributed by atoms with Gasteiger partial charge in [0.15, 0.2) is 0 Å². The second-order valence-corrected chi connectivity index (χ2v) is 7.36. The van der Waals surface area contributed by atoms with Gasteiger partial charge >= 0.3 is 6.09 Å². The predicted molar refractivity (Wildman–Crippen MR) is 101 cm³/mol. The van der Waals surface area contributed by atoms with Crippen molar-refractivity contribution in [2.24, 2.45) is 29.0 Å². The zero-order valence-corrected chi connectivity index (χ0v) is 15.8. The molecule has 1 aliphatic rings. The molecule has 0 spiro atoms. The van der Waals surface area contributed by atoms with E-state index in [1.807, 2.05) is 0 Å². The van der Waals surface area contributed by atoms with Crippen LogP contribution < -0.4 is 27.3 Å². The molecule has 5 unspecified atom stereocenters. The van der Waals surface area contributed by atoms with Crippen molar-refractivity contribution in [2.75, 3.05) is 0 Å². The van der Waals surface area contributed by atoms with Crippen LogP contribution in [0.4, 0.5) is 9.18 Å². The van der Waals surface area contributed by atoms with Crippen molar-refractivity contribution >= 4 is 17.8 Å². The molecule has 0 radical (unpaired) electrons. The van der Waals surface area contributed by atoms with Gasteiger partial charge in [0.05, 0.1) is 0 Å². The Hall–Kier alpha value is -2.52. The molecule has 7 N–H and O–H groups in total. The van der Waals surface area contributed by atoms with E-state index in [1.54, 1.807) is 0 Å². The summed E-state index contributed by atoms with van der Waals surface area (Å²) in [7, 11) is 0. The summed E-state index contributed by atoms with van der Waals surface area (Å²) in [6, 6.07) is 3.50. The fourth-order valence-corrected chi connectivity index (χ4v) is 3.47. The minimum absolute atomic E-state index is 0.0705. The van der Waals surface area contributed by atoms with E-state index in [2.05, 4.69) is 5.32 Å². The minimum atomic E-state index is -0.769. The fraction of sp³-hybridized carbons (Fsp3) is 0.526. The monoisotopic (exact) mass is 394 g/mol. The zero-order chi connectivity index (χ0) is 20.8. The maximum absolute atomic E-state index is 13.0. The second-order valence-electron chi connectivity index (χ2n) is 7.36. The van der Waals surface area contributed by atoms with Crippen LogP contribution in [0.25, 0.3) is 0 Å². The molecular weight excluding hydrogens is 367 g/mol. The van der Waals surface area contributed by atoms with Crippen LogP contribution >= 0.6 is 0 Å². The number of benzene rings is 1. The van der Waals surface area contributed by atoms with E-state index in [-0.39, 0.29) is 30.8 Å². The van der Waals surface area contributed by atoms with Crippen molar-refractivity contribution in [1.82, 2.24) is 5.32 Å². The van der Waals surface area contributed by atoms with Gasteiger partial charge in [0, 0.05) is 30.0 Å². The molecule has 0 bridgehead atoms. The van der Waals surface area contributed by atoms with Gasteiger partial charge < -0.3 is 27.3 Å². The Morgan fingerprint density at radius 3 is 2.07 bits per heavy atom. The molecule has 1 fully saturated rings. The molecule has 1 aromatic carbocycles. The van der Waals surface area contributed by atoms with Crippen LogP contribution in [0, 0.1) is 17.7 Å². The molecule has 0 aromatic heterocycles. The first-order chi connectivity index (χ1) is 13.2. The molecular formula is C19H27FN4O4. The molecule has 5 atom stereocenters. The Labute approximate surface area is 163 Å². The van der Waals surface area contributed by atoms with Crippen molar-refractivity contribution in [3.8, 4) is 5.75 Å². The standard InChI is InChI=1S/C19H27FN4O4/c1-10(25)11-6-14(7-12(18(23)26)9-17(22)16(21)8-11)24-19(27)28-15-4-2-13(20)3-5-15/h2-5,11-12,14,16-17H,6-9,21-22H2,1H3,(H2,23,26)(H,24,27). The van der Waals surface area contributed by atoms with Crippen LogP contribution in [-0.2, 0) is 9.59 Å². The summed E-state index contributed by atoms with van der Waals surface area (Å²) >= 11 is 0. The van der Waals surface area contributed by atoms with E-state index >= 15 is 0 Å². The summed E-state index contributed by atoms with van der Waals surface area (Å²) in [5.41, 5.74) is 17.7. The van der Waals surface area contributed by atoms with Crippen LogP contribution in [0.1, 0.15) is 32.6 Å². The quantitative estimate of drug-likeness (QED) is 0.593. The third-order valence-electron chi connectivity index (χ3n) is 5.12. The Morgan fingerprint density at radius 1 is 1.00 bits per heavy atom. The average molecular weight is 394 g/mol. The highest BCUT2D eigenvalue weighted by Crippen LogP contribution is 2.26. The number of amides is 2. The highest BCUT2D eigenvalue weighted by Gasteiger charge is 2.33. The number of ketones is 1. The first kappa shape index (κ1) is 21.8. The normalized spacial score (nSPS) is 28.4. The molecule has 0 heterocycles. The largest absolute Gasteiger partial charge is 0.412 e. The Balaban J connectivity index is 2.14. The summed E-state index contributed by atoms with van der Waals surface area (Å²) in [6.45, 7) is 1.46.